The summed E-state index contributed by atoms with van der Waals surface area (Å²) in [6, 6.07) is 18.5. The molecule has 4 heterocycles. The number of carbonyl (C=O) groups is 1. The smallest absolute Gasteiger partial charge is 0.231 e. The SMILES string of the molecule is COc1ccc2cc3[n+](cc2c1OCCC(=O)NCCc1c[nH]c2ccccc12)CCc1cc2c(cc1-3)OCO2. The van der Waals surface area contributed by atoms with Crippen molar-refractivity contribution in [3.63, 3.8) is 0 Å². The summed E-state index contributed by atoms with van der Waals surface area (Å²) in [6.07, 6.45) is 6.05. The summed E-state index contributed by atoms with van der Waals surface area (Å²) in [6.45, 7) is 1.93. The molecule has 8 heteroatoms. The fourth-order valence-electron chi connectivity index (χ4n) is 5.72. The van der Waals surface area contributed by atoms with Crippen LogP contribution in [0.25, 0.3) is 32.9 Å². The quantitative estimate of drug-likeness (QED) is 0.281. The van der Waals surface area contributed by atoms with Crippen LogP contribution < -0.4 is 28.8 Å². The van der Waals surface area contributed by atoms with Crippen molar-refractivity contribution in [2.24, 2.45) is 0 Å². The average molecular weight is 537 g/mol. The van der Waals surface area contributed by atoms with Crippen LogP contribution in [0.4, 0.5) is 0 Å². The molecule has 0 saturated heterocycles. The summed E-state index contributed by atoms with van der Waals surface area (Å²) >= 11 is 0. The molecule has 0 saturated carbocycles. The van der Waals surface area contributed by atoms with E-state index in [1.165, 1.54) is 16.5 Å². The normalized spacial score (nSPS) is 13.2. The summed E-state index contributed by atoms with van der Waals surface area (Å²) in [5, 5.41) is 6.20. The van der Waals surface area contributed by atoms with Gasteiger partial charge in [-0.1, -0.05) is 18.2 Å². The fraction of sp³-hybridized carbons (Fsp3) is 0.250. The van der Waals surface area contributed by atoms with Gasteiger partial charge in [-0.3, -0.25) is 4.79 Å². The molecule has 0 spiro atoms. The maximum Gasteiger partial charge on any atom is 0.231 e. The Bertz CT molecular complexity index is 1760. The number of benzene rings is 3. The molecule has 5 aromatic rings. The van der Waals surface area contributed by atoms with Gasteiger partial charge in [0.2, 0.25) is 18.4 Å². The fourth-order valence-corrected chi connectivity index (χ4v) is 5.72. The van der Waals surface area contributed by atoms with Gasteiger partial charge in [0.25, 0.3) is 0 Å². The molecule has 1 amide bonds. The highest BCUT2D eigenvalue weighted by molar-refractivity contribution is 5.92. The van der Waals surface area contributed by atoms with E-state index in [1.54, 1.807) is 7.11 Å². The van der Waals surface area contributed by atoms with E-state index in [0.717, 1.165) is 58.4 Å². The Balaban J connectivity index is 1.05. The third-order valence-electron chi connectivity index (χ3n) is 7.76. The zero-order valence-corrected chi connectivity index (χ0v) is 22.3. The van der Waals surface area contributed by atoms with E-state index in [4.69, 9.17) is 18.9 Å². The van der Waals surface area contributed by atoms with Crippen molar-refractivity contribution in [3.8, 4) is 34.3 Å². The predicted molar refractivity (Wildman–Crippen MR) is 151 cm³/mol. The van der Waals surface area contributed by atoms with E-state index < -0.39 is 0 Å². The minimum atomic E-state index is -0.0406. The molecule has 2 aliphatic heterocycles. The molecule has 0 bridgehead atoms. The Morgan fingerprint density at radius 1 is 1.07 bits per heavy atom. The first-order valence-corrected chi connectivity index (χ1v) is 13.6. The average Bonchev–Trinajstić information content (AvgIpc) is 3.62. The maximum atomic E-state index is 12.6. The maximum absolute atomic E-state index is 12.6. The van der Waals surface area contributed by atoms with E-state index in [-0.39, 0.29) is 25.7 Å². The Kier molecular flexibility index (Phi) is 6.15. The number of H-pyrrole nitrogens is 1. The topological polar surface area (TPSA) is 85.7 Å². The van der Waals surface area contributed by atoms with Crippen LogP contribution in [0.15, 0.2) is 67.0 Å². The Morgan fingerprint density at radius 2 is 1.95 bits per heavy atom. The van der Waals surface area contributed by atoms with Gasteiger partial charge < -0.3 is 29.2 Å². The molecular formula is C32H30N3O5+. The molecule has 2 aliphatic rings. The Morgan fingerprint density at radius 3 is 2.85 bits per heavy atom. The Labute approximate surface area is 231 Å². The zero-order chi connectivity index (χ0) is 27.1. The number of ether oxygens (including phenoxy) is 4. The molecule has 2 N–H and O–H groups in total. The number of methoxy groups -OCH3 is 1. The molecule has 202 valence electrons. The summed E-state index contributed by atoms with van der Waals surface area (Å²) in [5.41, 5.74) is 5.83. The molecule has 0 unspecified atom stereocenters. The molecule has 0 atom stereocenters. The van der Waals surface area contributed by atoms with Gasteiger partial charge in [0.05, 0.1) is 31.1 Å². The third-order valence-corrected chi connectivity index (χ3v) is 7.76. The lowest BCUT2D eigenvalue weighted by molar-refractivity contribution is -0.686. The van der Waals surface area contributed by atoms with Crippen LogP contribution in [0.3, 0.4) is 0 Å². The van der Waals surface area contributed by atoms with Crippen LogP contribution in [0.5, 0.6) is 23.0 Å². The van der Waals surface area contributed by atoms with Crippen molar-refractivity contribution < 1.29 is 28.3 Å². The number of hydrogen-bond donors (Lipinski definition) is 2. The summed E-state index contributed by atoms with van der Waals surface area (Å²) in [5.74, 6) is 2.85. The largest absolute Gasteiger partial charge is 0.493 e. The lowest BCUT2D eigenvalue weighted by atomic mass is 9.95. The number of aryl methyl sites for hydroxylation is 2. The first-order chi connectivity index (χ1) is 19.7. The van der Waals surface area contributed by atoms with E-state index in [1.807, 2.05) is 30.5 Å². The minimum absolute atomic E-state index is 0.0406. The second-order valence-corrected chi connectivity index (χ2v) is 10.1. The van der Waals surface area contributed by atoms with Crippen LogP contribution in [-0.4, -0.2) is 37.9 Å². The first kappa shape index (κ1) is 24.3. The monoisotopic (exact) mass is 536 g/mol. The van der Waals surface area contributed by atoms with Crippen molar-refractivity contribution in [2.75, 3.05) is 27.1 Å². The number of hydrogen-bond acceptors (Lipinski definition) is 5. The highest BCUT2D eigenvalue weighted by atomic mass is 16.7. The van der Waals surface area contributed by atoms with Crippen LogP contribution in [-0.2, 0) is 24.2 Å². The van der Waals surface area contributed by atoms with Crippen molar-refractivity contribution in [1.82, 2.24) is 10.3 Å². The highest BCUT2D eigenvalue weighted by Gasteiger charge is 2.28. The zero-order valence-electron chi connectivity index (χ0n) is 22.3. The molecule has 7 rings (SSSR count). The third kappa shape index (κ3) is 4.35. The summed E-state index contributed by atoms with van der Waals surface area (Å²) in [4.78, 5) is 15.9. The molecule has 0 fully saturated rings. The molecule has 2 aromatic heterocycles. The minimum Gasteiger partial charge on any atom is -0.493 e. The number of amides is 1. The van der Waals surface area contributed by atoms with Crippen LogP contribution >= 0.6 is 0 Å². The van der Waals surface area contributed by atoms with Crippen molar-refractivity contribution in [1.29, 1.82) is 0 Å². The lowest BCUT2D eigenvalue weighted by Gasteiger charge is -2.18. The van der Waals surface area contributed by atoms with E-state index in [9.17, 15) is 4.79 Å². The highest BCUT2D eigenvalue weighted by Crippen LogP contribution is 2.41. The van der Waals surface area contributed by atoms with E-state index in [0.29, 0.717) is 18.0 Å². The number of rotatable bonds is 8. The molecule has 40 heavy (non-hydrogen) atoms. The van der Waals surface area contributed by atoms with Gasteiger partial charge in [-0.05, 0) is 53.3 Å². The predicted octanol–water partition coefficient (Wildman–Crippen LogP) is 4.70. The summed E-state index contributed by atoms with van der Waals surface area (Å²) in [7, 11) is 1.63. The van der Waals surface area contributed by atoms with Gasteiger partial charge in [-0.25, -0.2) is 0 Å². The van der Waals surface area contributed by atoms with Crippen molar-refractivity contribution in [3.05, 3.63) is 78.1 Å². The standard InChI is InChI=1S/C32H29N3O5/c1-37-28-7-6-20-14-27-24-16-30-29(39-19-40-30)15-21(24)9-12-35(27)18-25(20)32(28)38-13-10-31(36)33-11-8-22-17-34-26-5-3-2-4-23(22)26/h2-7,14-18,34H,8-13,19H2,1H3/p+1. The van der Waals surface area contributed by atoms with Crippen molar-refractivity contribution >= 4 is 27.6 Å². The van der Waals surface area contributed by atoms with Crippen LogP contribution in [0, 0.1) is 0 Å². The van der Waals surface area contributed by atoms with Gasteiger partial charge >= 0.3 is 0 Å². The van der Waals surface area contributed by atoms with E-state index in [2.05, 4.69) is 51.4 Å². The number of pyridine rings is 1. The van der Waals surface area contributed by atoms with Crippen molar-refractivity contribution in [2.45, 2.75) is 25.8 Å². The lowest BCUT2D eigenvalue weighted by Crippen LogP contribution is -2.40. The number of para-hydroxylation sites is 1. The Hall–Kier alpha value is -4.72. The molecule has 8 nitrogen and oxygen atoms in total. The molecular weight excluding hydrogens is 506 g/mol. The number of aromatic nitrogens is 2. The number of fused-ring (bicyclic) bond motifs is 6. The number of carbonyl (C=O) groups excluding carboxylic acids is 1. The first-order valence-electron chi connectivity index (χ1n) is 13.6. The van der Waals surface area contributed by atoms with Gasteiger partial charge in [0.1, 0.15) is 0 Å². The van der Waals surface area contributed by atoms with Gasteiger partial charge in [-0.2, -0.15) is 4.57 Å². The van der Waals surface area contributed by atoms with Gasteiger partial charge in [-0.15, -0.1) is 0 Å². The number of aromatic amines is 1. The molecule has 0 radical (unpaired) electrons. The number of nitrogens with zero attached hydrogens (tertiary/aromatic N) is 1. The van der Waals surface area contributed by atoms with Gasteiger partial charge in [0.15, 0.2) is 35.7 Å². The van der Waals surface area contributed by atoms with E-state index >= 15 is 0 Å². The molecule has 3 aromatic carbocycles. The molecule has 0 aliphatic carbocycles. The van der Waals surface area contributed by atoms with Crippen LogP contribution in [0.2, 0.25) is 0 Å². The van der Waals surface area contributed by atoms with Crippen LogP contribution in [0.1, 0.15) is 17.5 Å². The summed E-state index contributed by atoms with van der Waals surface area (Å²) < 4.78 is 25.3. The van der Waals surface area contributed by atoms with Gasteiger partial charge in [0, 0.05) is 36.1 Å². The second-order valence-electron chi connectivity index (χ2n) is 10.1. The number of nitrogens with one attached hydrogen (secondary N) is 2. The second kappa shape index (κ2) is 10.1.